The van der Waals surface area contributed by atoms with Crippen molar-refractivity contribution in [3.05, 3.63) is 29.8 Å². The molecule has 0 unspecified atom stereocenters. The Morgan fingerprint density at radius 2 is 2.00 bits per heavy atom. The Bertz CT molecular complexity index is 377. The molecule has 0 saturated carbocycles. The van der Waals surface area contributed by atoms with Gasteiger partial charge in [0.25, 0.3) is 0 Å². The normalized spacial score (nSPS) is 10.4. The van der Waals surface area contributed by atoms with E-state index in [1.807, 2.05) is 12.1 Å². The van der Waals surface area contributed by atoms with Crippen LogP contribution in [0.4, 0.5) is 0 Å². The first-order chi connectivity index (χ1) is 6.90. The number of H-pyrrole nitrogens is 1. The fourth-order valence-electron chi connectivity index (χ4n) is 1.39. The lowest BCUT2D eigenvalue weighted by molar-refractivity contribution is 0.881. The number of tetrazole rings is 1. The summed E-state index contributed by atoms with van der Waals surface area (Å²) in [6.45, 7) is 2.17. The van der Waals surface area contributed by atoms with Gasteiger partial charge in [-0.05, 0) is 17.2 Å². The van der Waals surface area contributed by atoms with Crippen molar-refractivity contribution in [2.45, 2.75) is 19.8 Å². The first-order valence-electron chi connectivity index (χ1n) is 4.73. The summed E-state index contributed by atoms with van der Waals surface area (Å²) in [5.74, 6) is 0.646. The van der Waals surface area contributed by atoms with Crippen LogP contribution in [0.5, 0.6) is 0 Å². The maximum absolute atomic E-state index is 3.91. The Hall–Kier alpha value is -1.71. The van der Waals surface area contributed by atoms with Crippen molar-refractivity contribution in [3.63, 3.8) is 0 Å². The average molecular weight is 188 g/mol. The van der Waals surface area contributed by atoms with Crippen LogP contribution in [0.1, 0.15) is 18.9 Å². The second-order valence-corrected chi connectivity index (χ2v) is 3.18. The molecule has 1 aromatic heterocycles. The molecule has 0 aliphatic heterocycles. The van der Waals surface area contributed by atoms with Crippen LogP contribution in [-0.2, 0) is 6.42 Å². The van der Waals surface area contributed by atoms with Crippen LogP contribution < -0.4 is 0 Å². The zero-order valence-corrected chi connectivity index (χ0v) is 8.07. The van der Waals surface area contributed by atoms with Gasteiger partial charge in [0.1, 0.15) is 0 Å². The number of aryl methyl sites for hydroxylation is 1. The molecule has 2 aromatic rings. The monoisotopic (exact) mass is 188 g/mol. The Morgan fingerprint density at radius 1 is 1.21 bits per heavy atom. The van der Waals surface area contributed by atoms with Crippen LogP contribution >= 0.6 is 0 Å². The lowest BCUT2D eigenvalue weighted by atomic mass is 10.1. The summed E-state index contributed by atoms with van der Waals surface area (Å²) >= 11 is 0. The number of nitrogens with zero attached hydrogens (tertiary/aromatic N) is 3. The summed E-state index contributed by atoms with van der Waals surface area (Å²) in [7, 11) is 0. The highest BCUT2D eigenvalue weighted by atomic mass is 15.5. The molecule has 0 spiro atoms. The van der Waals surface area contributed by atoms with Crippen LogP contribution in [0.2, 0.25) is 0 Å². The molecule has 0 amide bonds. The highest BCUT2D eigenvalue weighted by Crippen LogP contribution is 2.14. The van der Waals surface area contributed by atoms with Gasteiger partial charge in [0.05, 0.1) is 0 Å². The largest absolute Gasteiger partial charge is 0.204 e. The van der Waals surface area contributed by atoms with Crippen molar-refractivity contribution in [2.75, 3.05) is 0 Å². The molecule has 1 heterocycles. The first-order valence-corrected chi connectivity index (χ1v) is 4.73. The molecule has 1 N–H and O–H groups in total. The van der Waals surface area contributed by atoms with Crippen LogP contribution in [-0.4, -0.2) is 20.6 Å². The summed E-state index contributed by atoms with van der Waals surface area (Å²) in [6, 6.07) is 8.26. The topological polar surface area (TPSA) is 54.5 Å². The predicted octanol–water partition coefficient (Wildman–Crippen LogP) is 1.82. The molecule has 0 saturated heterocycles. The van der Waals surface area contributed by atoms with Crippen molar-refractivity contribution in [1.82, 2.24) is 20.6 Å². The first kappa shape index (κ1) is 8.87. The van der Waals surface area contributed by atoms with E-state index >= 15 is 0 Å². The van der Waals surface area contributed by atoms with Crippen LogP contribution in [0, 0.1) is 0 Å². The molecule has 0 bridgehead atoms. The maximum Gasteiger partial charge on any atom is 0.204 e. The Kier molecular flexibility index (Phi) is 2.53. The highest BCUT2D eigenvalue weighted by Gasteiger charge is 2.01. The van der Waals surface area contributed by atoms with Gasteiger partial charge in [0, 0.05) is 5.56 Å². The number of nitrogens with one attached hydrogen (secondary N) is 1. The van der Waals surface area contributed by atoms with Gasteiger partial charge < -0.3 is 0 Å². The molecule has 0 atom stereocenters. The summed E-state index contributed by atoms with van der Waals surface area (Å²) in [5, 5.41) is 13.8. The van der Waals surface area contributed by atoms with Crippen LogP contribution in [0.15, 0.2) is 24.3 Å². The van der Waals surface area contributed by atoms with E-state index in [0.717, 1.165) is 12.0 Å². The Labute approximate surface area is 82.4 Å². The van der Waals surface area contributed by atoms with Gasteiger partial charge in [-0.25, -0.2) is 0 Å². The van der Waals surface area contributed by atoms with Gasteiger partial charge in [0.2, 0.25) is 5.82 Å². The minimum Gasteiger partial charge on any atom is -0.177 e. The van der Waals surface area contributed by atoms with E-state index in [9.17, 15) is 0 Å². The molecule has 0 aliphatic carbocycles. The predicted molar refractivity (Wildman–Crippen MR) is 53.6 cm³/mol. The van der Waals surface area contributed by atoms with Gasteiger partial charge in [-0.2, -0.15) is 5.21 Å². The van der Waals surface area contributed by atoms with Crippen molar-refractivity contribution in [2.24, 2.45) is 0 Å². The molecule has 0 aliphatic rings. The fraction of sp³-hybridized carbons (Fsp3) is 0.300. The van der Waals surface area contributed by atoms with Crippen LogP contribution in [0.25, 0.3) is 11.4 Å². The molecule has 0 fully saturated rings. The summed E-state index contributed by atoms with van der Waals surface area (Å²) in [6.07, 6.45) is 2.29. The SMILES string of the molecule is CCCc1ccc(-c2nn[nH]n2)cc1. The highest BCUT2D eigenvalue weighted by molar-refractivity contribution is 5.54. The van der Waals surface area contributed by atoms with E-state index in [1.165, 1.54) is 12.0 Å². The maximum atomic E-state index is 3.91. The quantitative estimate of drug-likeness (QED) is 0.799. The lowest BCUT2D eigenvalue weighted by Crippen LogP contribution is -1.85. The molecule has 4 nitrogen and oxygen atoms in total. The molecule has 2 rings (SSSR count). The van der Waals surface area contributed by atoms with Gasteiger partial charge in [0.15, 0.2) is 0 Å². The lowest BCUT2D eigenvalue weighted by Gasteiger charge is -1.98. The van der Waals surface area contributed by atoms with Gasteiger partial charge >= 0.3 is 0 Å². The number of aromatic nitrogens is 4. The van der Waals surface area contributed by atoms with Crippen molar-refractivity contribution < 1.29 is 0 Å². The molecule has 14 heavy (non-hydrogen) atoms. The summed E-state index contributed by atoms with van der Waals surface area (Å²) in [5.41, 5.74) is 2.35. The van der Waals surface area contributed by atoms with Crippen LogP contribution in [0.3, 0.4) is 0 Å². The van der Waals surface area contributed by atoms with E-state index in [2.05, 4.69) is 39.7 Å². The molecule has 1 aromatic carbocycles. The van der Waals surface area contributed by atoms with E-state index in [1.54, 1.807) is 0 Å². The van der Waals surface area contributed by atoms with Crippen molar-refractivity contribution in [1.29, 1.82) is 0 Å². The van der Waals surface area contributed by atoms with Crippen molar-refractivity contribution >= 4 is 0 Å². The molecular weight excluding hydrogens is 176 g/mol. The minimum absolute atomic E-state index is 0.646. The van der Waals surface area contributed by atoms with E-state index < -0.39 is 0 Å². The zero-order valence-electron chi connectivity index (χ0n) is 8.07. The third-order valence-corrected chi connectivity index (χ3v) is 2.10. The molecule has 4 heteroatoms. The van der Waals surface area contributed by atoms with Gasteiger partial charge in [-0.3, -0.25) is 0 Å². The number of hydrogen-bond acceptors (Lipinski definition) is 3. The number of rotatable bonds is 3. The number of hydrogen-bond donors (Lipinski definition) is 1. The second-order valence-electron chi connectivity index (χ2n) is 3.18. The van der Waals surface area contributed by atoms with Crippen molar-refractivity contribution in [3.8, 4) is 11.4 Å². The van der Waals surface area contributed by atoms with E-state index in [-0.39, 0.29) is 0 Å². The van der Waals surface area contributed by atoms with E-state index in [0.29, 0.717) is 5.82 Å². The fourth-order valence-corrected chi connectivity index (χ4v) is 1.39. The van der Waals surface area contributed by atoms with Gasteiger partial charge in [-0.15, -0.1) is 10.2 Å². The zero-order chi connectivity index (χ0) is 9.80. The average Bonchev–Trinajstić information content (AvgIpc) is 2.72. The minimum atomic E-state index is 0.646. The third-order valence-electron chi connectivity index (χ3n) is 2.10. The second kappa shape index (κ2) is 4.00. The number of aromatic amines is 1. The molecular formula is C10H12N4. The Morgan fingerprint density at radius 3 is 2.57 bits per heavy atom. The standard InChI is InChI=1S/C10H12N4/c1-2-3-8-4-6-9(7-5-8)10-11-13-14-12-10/h4-7H,2-3H2,1H3,(H,11,12,13,14). The smallest absolute Gasteiger partial charge is 0.177 e. The summed E-state index contributed by atoms with van der Waals surface area (Å²) < 4.78 is 0. The molecule has 0 radical (unpaired) electrons. The number of benzene rings is 1. The molecule has 72 valence electrons. The Balaban J connectivity index is 2.22. The summed E-state index contributed by atoms with van der Waals surface area (Å²) in [4.78, 5) is 0. The third kappa shape index (κ3) is 1.79. The van der Waals surface area contributed by atoms with E-state index in [4.69, 9.17) is 0 Å². The van der Waals surface area contributed by atoms with Gasteiger partial charge in [-0.1, -0.05) is 37.6 Å².